The number of hydrogen-bond donors (Lipinski definition) is 0. The molecule has 1 fully saturated rings. The zero-order chi connectivity index (χ0) is 21.5. The van der Waals surface area contributed by atoms with Gasteiger partial charge >= 0.3 is 0 Å². The Kier molecular flexibility index (Phi) is 5.42. The van der Waals surface area contributed by atoms with Crippen molar-refractivity contribution in [2.24, 2.45) is 11.3 Å². The lowest BCUT2D eigenvalue weighted by Gasteiger charge is -2.17. The number of ether oxygens (including phenoxy) is 1. The predicted octanol–water partition coefficient (Wildman–Crippen LogP) is 8.47. The van der Waals surface area contributed by atoms with E-state index in [0.29, 0.717) is 15.8 Å². The maximum atomic E-state index is 14.4. The smallest absolute Gasteiger partial charge is 0.165 e. The van der Waals surface area contributed by atoms with Gasteiger partial charge in [-0.1, -0.05) is 86.4 Å². The molecule has 2 unspecified atom stereocenters. The average Bonchev–Trinajstić information content (AvgIpc) is 3.16. The van der Waals surface area contributed by atoms with E-state index in [4.69, 9.17) is 27.9 Å². The molecule has 30 heavy (non-hydrogen) atoms. The Bertz CT molecular complexity index is 1090. The summed E-state index contributed by atoms with van der Waals surface area (Å²) in [5.41, 5.74) is 1.73. The molecule has 1 saturated carbocycles. The van der Waals surface area contributed by atoms with Gasteiger partial charge in [-0.25, -0.2) is 4.39 Å². The van der Waals surface area contributed by atoms with Gasteiger partial charge in [0.1, 0.15) is 5.75 Å². The summed E-state index contributed by atoms with van der Waals surface area (Å²) in [7, 11) is 0. The van der Waals surface area contributed by atoms with Crippen LogP contribution in [-0.4, -0.2) is 0 Å². The lowest BCUT2D eigenvalue weighted by Crippen LogP contribution is -2.10. The number of benzene rings is 3. The molecule has 0 aromatic heterocycles. The molecule has 0 amide bonds. The summed E-state index contributed by atoms with van der Waals surface area (Å²) in [6.07, 6.45) is 2.10. The quantitative estimate of drug-likeness (QED) is 0.386. The van der Waals surface area contributed by atoms with Crippen LogP contribution in [0.1, 0.15) is 31.9 Å². The normalized spacial score (nSPS) is 22.6. The van der Waals surface area contributed by atoms with Crippen LogP contribution in [0.2, 0.25) is 5.02 Å². The number of allylic oxidation sites excluding steroid dienone is 1. The molecule has 0 N–H and O–H groups in total. The third-order valence-electron chi connectivity index (χ3n) is 6.59. The highest BCUT2D eigenvalue weighted by molar-refractivity contribution is 6.48. The summed E-state index contributed by atoms with van der Waals surface area (Å²) >= 11 is 12.6. The van der Waals surface area contributed by atoms with Crippen molar-refractivity contribution in [3.63, 3.8) is 0 Å². The molecule has 0 radical (unpaired) electrons. The van der Waals surface area contributed by atoms with Crippen molar-refractivity contribution < 1.29 is 9.13 Å². The Labute approximate surface area is 187 Å². The van der Waals surface area contributed by atoms with E-state index in [1.54, 1.807) is 0 Å². The van der Waals surface area contributed by atoms with Crippen LogP contribution in [0.4, 0.5) is 4.39 Å². The zero-order valence-electron chi connectivity index (χ0n) is 17.1. The van der Waals surface area contributed by atoms with Crippen molar-refractivity contribution in [3.05, 3.63) is 101 Å². The Balaban J connectivity index is 1.65. The van der Waals surface area contributed by atoms with Gasteiger partial charge in [0, 0.05) is 15.5 Å². The summed E-state index contributed by atoms with van der Waals surface area (Å²) in [6, 6.07) is 21.9. The van der Waals surface area contributed by atoms with E-state index in [-0.39, 0.29) is 28.3 Å². The second-order valence-corrected chi connectivity index (χ2v) is 9.33. The monoisotopic (exact) mass is 440 g/mol. The Hall–Kier alpha value is -2.29. The van der Waals surface area contributed by atoms with Gasteiger partial charge in [-0.2, -0.15) is 0 Å². The first-order valence-corrected chi connectivity index (χ1v) is 10.7. The number of halogens is 3. The van der Waals surface area contributed by atoms with Gasteiger partial charge in [0.05, 0.1) is 0 Å². The molecule has 2 atom stereocenters. The summed E-state index contributed by atoms with van der Waals surface area (Å²) in [6.45, 7) is 6.61. The minimum atomic E-state index is -0.379. The average molecular weight is 441 g/mol. The van der Waals surface area contributed by atoms with Crippen LogP contribution >= 0.6 is 23.2 Å². The molecule has 0 saturated heterocycles. The summed E-state index contributed by atoms with van der Waals surface area (Å²) < 4.78 is 20.3. The first-order chi connectivity index (χ1) is 14.2. The minimum absolute atomic E-state index is 0.0403. The summed E-state index contributed by atoms with van der Waals surface area (Å²) in [5.74, 6) is 0.657. The fourth-order valence-electron chi connectivity index (χ4n) is 4.32. The van der Waals surface area contributed by atoms with E-state index >= 15 is 0 Å². The molecule has 0 aliphatic heterocycles. The summed E-state index contributed by atoms with van der Waals surface area (Å²) in [5, 5.41) is 1.37. The van der Waals surface area contributed by atoms with Gasteiger partial charge in [0.15, 0.2) is 11.6 Å². The fraction of sp³-hybridized carbons (Fsp3) is 0.231. The van der Waals surface area contributed by atoms with E-state index in [1.807, 2.05) is 66.7 Å². The number of para-hydroxylation sites is 1. The lowest BCUT2D eigenvalue weighted by atomic mass is 9.89. The molecular formula is C26H23Cl2FO. The Morgan fingerprint density at radius 3 is 2.30 bits per heavy atom. The third-order valence-corrected chi connectivity index (χ3v) is 7.19. The molecule has 154 valence electrons. The van der Waals surface area contributed by atoms with Crippen LogP contribution in [0.25, 0.3) is 5.03 Å². The van der Waals surface area contributed by atoms with Crippen LogP contribution in [0.15, 0.2) is 78.9 Å². The van der Waals surface area contributed by atoms with E-state index in [2.05, 4.69) is 26.8 Å². The largest absolute Gasteiger partial charge is 0.454 e. The van der Waals surface area contributed by atoms with E-state index in [9.17, 15) is 4.39 Å². The van der Waals surface area contributed by atoms with Crippen LogP contribution < -0.4 is 4.74 Å². The first-order valence-electron chi connectivity index (χ1n) is 9.89. The van der Waals surface area contributed by atoms with Crippen molar-refractivity contribution in [1.29, 1.82) is 0 Å². The topological polar surface area (TPSA) is 9.23 Å². The molecule has 1 aliphatic rings. The van der Waals surface area contributed by atoms with Gasteiger partial charge in [0.2, 0.25) is 0 Å². The number of rotatable bonds is 5. The SMILES string of the molecule is CC1(C)C(C=C(Cl)c2ccc(Cl)cc2)C1(C)c1ccc(F)c(Oc2ccccc2)c1. The lowest BCUT2D eigenvalue weighted by molar-refractivity contribution is 0.438. The van der Waals surface area contributed by atoms with E-state index < -0.39 is 0 Å². The first kappa shape index (κ1) is 21.0. The van der Waals surface area contributed by atoms with Gasteiger partial charge in [-0.15, -0.1) is 0 Å². The van der Waals surface area contributed by atoms with Crippen molar-refractivity contribution in [2.45, 2.75) is 26.2 Å². The van der Waals surface area contributed by atoms with Crippen LogP contribution in [-0.2, 0) is 5.41 Å². The highest BCUT2D eigenvalue weighted by atomic mass is 35.5. The third kappa shape index (κ3) is 3.64. The molecule has 3 aromatic rings. The van der Waals surface area contributed by atoms with Crippen LogP contribution in [0, 0.1) is 17.2 Å². The second kappa shape index (κ2) is 7.76. The van der Waals surface area contributed by atoms with Gasteiger partial charge < -0.3 is 4.74 Å². The molecule has 0 bridgehead atoms. The fourth-order valence-corrected chi connectivity index (χ4v) is 4.70. The van der Waals surface area contributed by atoms with E-state index in [0.717, 1.165) is 11.1 Å². The molecular weight excluding hydrogens is 418 g/mol. The molecule has 3 aromatic carbocycles. The second-order valence-electron chi connectivity index (χ2n) is 8.48. The van der Waals surface area contributed by atoms with Crippen LogP contribution in [0.5, 0.6) is 11.5 Å². The van der Waals surface area contributed by atoms with Gasteiger partial charge in [0.25, 0.3) is 0 Å². The van der Waals surface area contributed by atoms with Gasteiger partial charge in [-0.3, -0.25) is 0 Å². The zero-order valence-corrected chi connectivity index (χ0v) is 18.6. The number of hydrogen-bond acceptors (Lipinski definition) is 1. The van der Waals surface area contributed by atoms with Gasteiger partial charge in [-0.05, 0) is 58.9 Å². The Morgan fingerprint density at radius 1 is 0.967 bits per heavy atom. The molecule has 0 spiro atoms. The predicted molar refractivity (Wildman–Crippen MR) is 123 cm³/mol. The maximum absolute atomic E-state index is 14.4. The van der Waals surface area contributed by atoms with Crippen molar-refractivity contribution >= 4 is 28.2 Å². The molecule has 0 heterocycles. The maximum Gasteiger partial charge on any atom is 0.165 e. The Morgan fingerprint density at radius 2 is 1.63 bits per heavy atom. The highest BCUT2D eigenvalue weighted by Crippen LogP contribution is 2.70. The highest BCUT2D eigenvalue weighted by Gasteiger charge is 2.67. The van der Waals surface area contributed by atoms with Crippen LogP contribution in [0.3, 0.4) is 0 Å². The standard InChI is InChI=1S/C26H23Cl2FO/c1-25(2)24(16-21(28)17-9-12-19(27)13-10-17)26(25,3)18-11-14-22(29)23(15-18)30-20-7-5-4-6-8-20/h4-16,24H,1-3H3. The van der Waals surface area contributed by atoms with E-state index in [1.165, 1.54) is 6.07 Å². The molecule has 4 rings (SSSR count). The molecule has 4 heteroatoms. The van der Waals surface area contributed by atoms with Crippen molar-refractivity contribution in [2.75, 3.05) is 0 Å². The molecule has 1 nitrogen and oxygen atoms in total. The molecule has 1 aliphatic carbocycles. The van der Waals surface area contributed by atoms with Crippen molar-refractivity contribution in [1.82, 2.24) is 0 Å². The summed E-state index contributed by atoms with van der Waals surface area (Å²) in [4.78, 5) is 0. The minimum Gasteiger partial charge on any atom is -0.454 e. The van der Waals surface area contributed by atoms with Crippen molar-refractivity contribution in [3.8, 4) is 11.5 Å².